The highest BCUT2D eigenvalue weighted by Gasteiger charge is 2.23. The molecule has 32 heavy (non-hydrogen) atoms. The van der Waals surface area contributed by atoms with Crippen LogP contribution in [0.25, 0.3) is 11.3 Å². The lowest BCUT2D eigenvalue weighted by Gasteiger charge is -2.27. The zero-order chi connectivity index (χ0) is 22.9. The van der Waals surface area contributed by atoms with E-state index < -0.39 is 6.10 Å². The predicted molar refractivity (Wildman–Crippen MR) is 131 cm³/mol. The molecule has 0 aliphatic rings. The second-order valence-electron chi connectivity index (χ2n) is 8.64. The van der Waals surface area contributed by atoms with Gasteiger partial charge in [0.2, 0.25) is 5.88 Å². The van der Waals surface area contributed by atoms with E-state index in [1.165, 1.54) is 0 Å². The number of aliphatic hydroxyl groups is 1. The highest BCUT2D eigenvalue weighted by Crippen LogP contribution is 2.34. The Bertz CT molecular complexity index is 967. The molecule has 0 amide bonds. The number of rotatable bonds is 12. The number of aryl methyl sites for hydroxylation is 1. The lowest BCUT2D eigenvalue weighted by molar-refractivity contribution is 0.0953. The Balaban J connectivity index is 1.97. The van der Waals surface area contributed by atoms with Crippen LogP contribution in [0.5, 0.6) is 11.6 Å². The van der Waals surface area contributed by atoms with Gasteiger partial charge in [0, 0.05) is 32.2 Å². The Morgan fingerprint density at radius 2 is 1.72 bits per heavy atom. The zero-order valence-corrected chi connectivity index (χ0v) is 19.4. The van der Waals surface area contributed by atoms with Gasteiger partial charge < -0.3 is 9.84 Å². The summed E-state index contributed by atoms with van der Waals surface area (Å²) in [6, 6.07) is 20.0. The van der Waals surface area contributed by atoms with E-state index in [0.717, 1.165) is 41.4 Å². The Morgan fingerprint density at radius 1 is 1.06 bits per heavy atom. The van der Waals surface area contributed by atoms with Crippen molar-refractivity contribution in [2.75, 3.05) is 13.1 Å². The van der Waals surface area contributed by atoms with Crippen molar-refractivity contribution in [3.63, 3.8) is 0 Å². The average molecular weight is 434 g/mol. The van der Waals surface area contributed by atoms with Gasteiger partial charge in [-0.2, -0.15) is 5.10 Å². The molecule has 5 heteroatoms. The number of hydrogen-bond acceptors (Lipinski definition) is 4. The van der Waals surface area contributed by atoms with Crippen molar-refractivity contribution >= 4 is 0 Å². The van der Waals surface area contributed by atoms with Gasteiger partial charge in [0.25, 0.3) is 0 Å². The van der Waals surface area contributed by atoms with E-state index in [1.54, 1.807) is 0 Å². The summed E-state index contributed by atoms with van der Waals surface area (Å²) < 4.78 is 8.13. The fourth-order valence-corrected chi connectivity index (χ4v) is 3.89. The summed E-state index contributed by atoms with van der Waals surface area (Å²) >= 11 is 0. The molecule has 1 unspecified atom stereocenters. The van der Waals surface area contributed by atoms with Gasteiger partial charge in [0.05, 0.1) is 11.7 Å². The highest BCUT2D eigenvalue weighted by molar-refractivity contribution is 5.65. The molecular weight excluding hydrogens is 398 g/mol. The quantitative estimate of drug-likeness (QED) is 0.374. The third-order valence-electron chi connectivity index (χ3n) is 5.27. The molecule has 3 aromatic rings. The molecule has 1 aromatic heterocycles. The van der Waals surface area contributed by atoms with E-state index >= 15 is 0 Å². The van der Waals surface area contributed by atoms with Crippen LogP contribution in [0.4, 0.5) is 0 Å². The highest BCUT2D eigenvalue weighted by atomic mass is 16.5. The van der Waals surface area contributed by atoms with Crippen LogP contribution in [0.2, 0.25) is 0 Å². The van der Waals surface area contributed by atoms with Crippen LogP contribution < -0.4 is 4.74 Å². The van der Waals surface area contributed by atoms with Gasteiger partial charge in [0.1, 0.15) is 11.4 Å². The van der Waals surface area contributed by atoms with Gasteiger partial charge >= 0.3 is 0 Å². The largest absolute Gasteiger partial charge is 0.439 e. The van der Waals surface area contributed by atoms with E-state index in [2.05, 4.69) is 37.5 Å². The third-order valence-corrected chi connectivity index (χ3v) is 5.27. The second-order valence-corrected chi connectivity index (χ2v) is 8.64. The van der Waals surface area contributed by atoms with E-state index in [9.17, 15) is 5.11 Å². The maximum Gasteiger partial charge on any atom is 0.222 e. The first kappa shape index (κ1) is 23.8. The Kier molecular flexibility index (Phi) is 8.65. The van der Waals surface area contributed by atoms with E-state index in [-0.39, 0.29) is 0 Å². The topological polar surface area (TPSA) is 50.5 Å². The van der Waals surface area contributed by atoms with Crippen LogP contribution in [0, 0.1) is 5.92 Å². The summed E-state index contributed by atoms with van der Waals surface area (Å²) in [6.45, 7) is 10.3. The van der Waals surface area contributed by atoms with Crippen molar-refractivity contribution in [2.24, 2.45) is 13.0 Å². The molecule has 0 radical (unpaired) electrons. The molecule has 0 saturated carbocycles. The number of benzene rings is 2. The summed E-state index contributed by atoms with van der Waals surface area (Å²) in [7, 11) is 1.92. The summed E-state index contributed by atoms with van der Waals surface area (Å²) in [6.07, 6.45) is 2.98. The van der Waals surface area contributed by atoms with Crippen molar-refractivity contribution in [3.05, 3.63) is 78.9 Å². The van der Waals surface area contributed by atoms with Gasteiger partial charge in [0.15, 0.2) is 0 Å². The Morgan fingerprint density at radius 3 is 2.34 bits per heavy atom. The number of ether oxygens (including phenoxy) is 1. The van der Waals surface area contributed by atoms with E-state index in [1.807, 2.05) is 66.3 Å². The van der Waals surface area contributed by atoms with Crippen LogP contribution in [-0.4, -0.2) is 39.0 Å². The van der Waals surface area contributed by atoms with Crippen molar-refractivity contribution in [1.82, 2.24) is 14.7 Å². The molecule has 0 spiro atoms. The first-order valence-electron chi connectivity index (χ1n) is 11.3. The third kappa shape index (κ3) is 6.55. The van der Waals surface area contributed by atoms with E-state index in [0.29, 0.717) is 25.4 Å². The van der Waals surface area contributed by atoms with Gasteiger partial charge in [-0.25, -0.2) is 4.68 Å². The van der Waals surface area contributed by atoms with Crippen molar-refractivity contribution in [1.29, 1.82) is 0 Å². The van der Waals surface area contributed by atoms with Gasteiger partial charge in [-0.3, -0.25) is 4.90 Å². The van der Waals surface area contributed by atoms with Crippen LogP contribution in [0.15, 0.2) is 73.3 Å². The lowest BCUT2D eigenvalue weighted by atomic mass is 10.1. The standard InChI is InChI=1S/C27H35N3O2/c1-5-6-15-23(31)19-30(18-21(2)3)20-25-26(22-13-9-7-10-14-22)28-29(4)27(25)32-24-16-11-8-12-17-24/h5,7-14,16-17,21,23,31H,1,6,15,18-20H2,2-4H3. The Hall–Kier alpha value is -2.89. The normalized spacial score (nSPS) is 12.3. The first-order valence-corrected chi connectivity index (χ1v) is 11.3. The fraction of sp³-hybridized carbons (Fsp3) is 0.370. The SMILES string of the molecule is C=CCCC(O)CN(Cc1c(-c2ccccc2)nn(C)c1Oc1ccccc1)CC(C)C. The molecule has 1 N–H and O–H groups in total. The first-order chi connectivity index (χ1) is 15.5. The fourth-order valence-electron chi connectivity index (χ4n) is 3.89. The summed E-state index contributed by atoms with van der Waals surface area (Å²) in [5, 5.41) is 15.4. The van der Waals surface area contributed by atoms with Crippen molar-refractivity contribution in [3.8, 4) is 22.9 Å². The molecule has 2 aromatic carbocycles. The Labute approximate surface area is 192 Å². The molecule has 1 atom stereocenters. The number of allylic oxidation sites excluding steroid dienone is 1. The zero-order valence-electron chi connectivity index (χ0n) is 19.4. The molecule has 1 heterocycles. The van der Waals surface area contributed by atoms with Crippen LogP contribution >= 0.6 is 0 Å². The second kappa shape index (κ2) is 11.7. The molecule has 5 nitrogen and oxygen atoms in total. The molecular formula is C27H35N3O2. The minimum Gasteiger partial charge on any atom is -0.439 e. The summed E-state index contributed by atoms with van der Waals surface area (Å²) in [4.78, 5) is 2.31. The number of hydrogen-bond donors (Lipinski definition) is 1. The van der Waals surface area contributed by atoms with Gasteiger partial charge in [-0.1, -0.05) is 68.5 Å². The van der Waals surface area contributed by atoms with Gasteiger partial charge in [-0.15, -0.1) is 6.58 Å². The van der Waals surface area contributed by atoms with E-state index in [4.69, 9.17) is 9.84 Å². The molecule has 170 valence electrons. The van der Waals surface area contributed by atoms with Crippen LogP contribution in [0.1, 0.15) is 32.3 Å². The molecule has 3 rings (SSSR count). The predicted octanol–water partition coefficient (Wildman–Crippen LogP) is 5.66. The van der Waals surface area contributed by atoms with Crippen molar-refractivity contribution < 1.29 is 9.84 Å². The summed E-state index contributed by atoms with van der Waals surface area (Å²) in [5.41, 5.74) is 2.99. The number of aromatic nitrogens is 2. The maximum absolute atomic E-state index is 10.6. The molecule has 0 saturated heterocycles. The molecule has 0 fully saturated rings. The average Bonchev–Trinajstić information content (AvgIpc) is 3.08. The van der Waals surface area contributed by atoms with Crippen LogP contribution in [-0.2, 0) is 13.6 Å². The minimum absolute atomic E-state index is 0.401. The molecule has 0 aliphatic carbocycles. The smallest absolute Gasteiger partial charge is 0.222 e. The number of nitrogens with zero attached hydrogens (tertiary/aromatic N) is 3. The maximum atomic E-state index is 10.6. The lowest BCUT2D eigenvalue weighted by Crippen LogP contribution is -2.35. The van der Waals surface area contributed by atoms with Crippen molar-refractivity contribution in [2.45, 2.75) is 39.3 Å². The minimum atomic E-state index is -0.401. The van der Waals surface area contributed by atoms with Gasteiger partial charge in [-0.05, 0) is 30.9 Å². The summed E-state index contributed by atoms with van der Waals surface area (Å²) in [5.74, 6) is 1.97. The monoisotopic (exact) mass is 433 g/mol. The van der Waals surface area contributed by atoms with Crippen LogP contribution in [0.3, 0.4) is 0 Å². The molecule has 0 bridgehead atoms. The number of para-hydroxylation sites is 1. The molecule has 0 aliphatic heterocycles. The number of aliphatic hydroxyl groups excluding tert-OH is 1.